The maximum atomic E-state index is 13.4. The number of nitrogens with zero attached hydrogens (tertiary/aromatic N) is 2. The molecule has 0 aromatic heterocycles. The van der Waals surface area contributed by atoms with Crippen LogP contribution in [-0.4, -0.2) is 59.4 Å². The number of amides is 1. The Bertz CT molecular complexity index is 1030. The zero-order chi connectivity index (χ0) is 24.7. The molecule has 0 radical (unpaired) electrons. The fourth-order valence-electron chi connectivity index (χ4n) is 4.22. The number of hydrogen-bond acceptors (Lipinski definition) is 5. The Balaban J connectivity index is 2.03. The molecular formula is C27H33FN2O4. The molecule has 3 rings (SSSR count). The molecule has 1 fully saturated rings. The van der Waals surface area contributed by atoms with E-state index >= 15 is 0 Å². The first-order valence-corrected chi connectivity index (χ1v) is 11.9. The molecule has 1 saturated heterocycles. The highest BCUT2D eigenvalue weighted by Gasteiger charge is 2.45. The van der Waals surface area contributed by atoms with Crippen LogP contribution in [0, 0.1) is 5.82 Å². The molecule has 0 saturated carbocycles. The lowest BCUT2D eigenvalue weighted by Gasteiger charge is -2.27. The van der Waals surface area contributed by atoms with Crippen LogP contribution in [0.3, 0.4) is 0 Å². The molecule has 0 aliphatic carbocycles. The van der Waals surface area contributed by atoms with Crippen LogP contribution in [0.5, 0.6) is 5.75 Å². The van der Waals surface area contributed by atoms with E-state index in [9.17, 15) is 19.1 Å². The Kier molecular flexibility index (Phi) is 8.82. The number of ether oxygens (including phenoxy) is 1. The van der Waals surface area contributed by atoms with Crippen molar-refractivity contribution < 1.29 is 23.8 Å². The van der Waals surface area contributed by atoms with Crippen LogP contribution in [0.4, 0.5) is 4.39 Å². The molecule has 2 aromatic carbocycles. The normalized spacial score (nSPS) is 17.6. The molecule has 34 heavy (non-hydrogen) atoms. The Labute approximate surface area is 200 Å². The van der Waals surface area contributed by atoms with E-state index < -0.39 is 23.5 Å². The van der Waals surface area contributed by atoms with E-state index in [0.29, 0.717) is 30.9 Å². The standard InChI is InChI=1S/C27H33FN2O4/c1-4-17-34-22-10-7-9-20(18-22)24-23(25(31)19-11-13-21(28)14-12-19)26(32)27(33)30(24)16-8-15-29(5-2)6-3/h7,9-14,18,24,31H,4-6,8,15-17H2,1-3H3. The molecule has 6 nitrogen and oxygen atoms in total. The van der Waals surface area contributed by atoms with Crippen LogP contribution in [-0.2, 0) is 9.59 Å². The fourth-order valence-corrected chi connectivity index (χ4v) is 4.22. The van der Waals surface area contributed by atoms with Crippen LogP contribution >= 0.6 is 0 Å². The summed E-state index contributed by atoms with van der Waals surface area (Å²) in [6.07, 6.45) is 1.53. The average Bonchev–Trinajstić information content (AvgIpc) is 3.10. The largest absolute Gasteiger partial charge is 0.507 e. The van der Waals surface area contributed by atoms with Gasteiger partial charge in [-0.3, -0.25) is 9.59 Å². The van der Waals surface area contributed by atoms with Crippen molar-refractivity contribution in [1.82, 2.24) is 9.80 Å². The highest BCUT2D eigenvalue weighted by Crippen LogP contribution is 2.40. The van der Waals surface area contributed by atoms with E-state index in [0.717, 1.165) is 26.1 Å². The van der Waals surface area contributed by atoms with Gasteiger partial charge in [-0.2, -0.15) is 0 Å². The van der Waals surface area contributed by atoms with Gasteiger partial charge in [-0.15, -0.1) is 0 Å². The zero-order valence-corrected chi connectivity index (χ0v) is 20.1. The molecule has 2 aromatic rings. The summed E-state index contributed by atoms with van der Waals surface area (Å²) >= 11 is 0. The number of aliphatic hydroxyl groups excluding tert-OH is 1. The number of benzene rings is 2. The molecule has 1 unspecified atom stereocenters. The van der Waals surface area contributed by atoms with Gasteiger partial charge in [0.1, 0.15) is 17.3 Å². The highest BCUT2D eigenvalue weighted by molar-refractivity contribution is 6.46. The number of Topliss-reactive ketones (excluding diaryl/α,β-unsaturated/α-hetero) is 1. The molecule has 1 heterocycles. The van der Waals surface area contributed by atoms with Gasteiger partial charge in [0.25, 0.3) is 11.7 Å². The summed E-state index contributed by atoms with van der Waals surface area (Å²) in [5.74, 6) is -1.52. The highest BCUT2D eigenvalue weighted by atomic mass is 19.1. The van der Waals surface area contributed by atoms with Gasteiger partial charge in [0.15, 0.2) is 0 Å². The number of hydrogen-bond donors (Lipinski definition) is 1. The van der Waals surface area contributed by atoms with Crippen molar-refractivity contribution in [3.8, 4) is 5.75 Å². The van der Waals surface area contributed by atoms with Crippen molar-refractivity contribution >= 4 is 17.4 Å². The third-order valence-electron chi connectivity index (χ3n) is 6.07. The number of ketones is 1. The van der Waals surface area contributed by atoms with Gasteiger partial charge >= 0.3 is 0 Å². The average molecular weight is 469 g/mol. The minimum absolute atomic E-state index is 0.00656. The number of aliphatic hydroxyl groups is 1. The van der Waals surface area contributed by atoms with Gasteiger partial charge in [-0.05, 0) is 74.4 Å². The number of carbonyl (C=O) groups excluding carboxylic acids is 2. The zero-order valence-electron chi connectivity index (χ0n) is 20.1. The number of carbonyl (C=O) groups is 2. The molecule has 0 bridgehead atoms. The smallest absolute Gasteiger partial charge is 0.295 e. The third-order valence-corrected chi connectivity index (χ3v) is 6.07. The molecule has 1 aliphatic rings. The molecule has 7 heteroatoms. The van der Waals surface area contributed by atoms with Crippen LogP contribution in [0.15, 0.2) is 54.1 Å². The van der Waals surface area contributed by atoms with Gasteiger partial charge in [0.2, 0.25) is 0 Å². The number of likely N-dealkylation sites (tertiary alicyclic amines) is 1. The van der Waals surface area contributed by atoms with Crippen molar-refractivity contribution in [3.05, 3.63) is 71.0 Å². The summed E-state index contributed by atoms with van der Waals surface area (Å²) in [6, 6.07) is 11.7. The molecule has 1 amide bonds. The Hall–Kier alpha value is -3.19. The monoisotopic (exact) mass is 468 g/mol. The Morgan fingerprint density at radius 3 is 2.44 bits per heavy atom. The molecule has 0 spiro atoms. The van der Waals surface area contributed by atoms with E-state index in [1.807, 2.05) is 31.2 Å². The van der Waals surface area contributed by atoms with Gasteiger partial charge in [0, 0.05) is 12.1 Å². The van der Waals surface area contributed by atoms with E-state index in [-0.39, 0.29) is 16.9 Å². The second kappa shape index (κ2) is 11.8. The van der Waals surface area contributed by atoms with Gasteiger partial charge in [0.05, 0.1) is 18.2 Å². The predicted octanol–water partition coefficient (Wildman–Crippen LogP) is 4.77. The second-order valence-corrected chi connectivity index (χ2v) is 8.30. The van der Waals surface area contributed by atoms with Gasteiger partial charge in [-0.25, -0.2) is 4.39 Å². The van der Waals surface area contributed by atoms with Crippen LogP contribution in [0.25, 0.3) is 5.76 Å². The number of rotatable bonds is 11. The molecule has 1 aliphatic heterocycles. The lowest BCUT2D eigenvalue weighted by molar-refractivity contribution is -0.140. The maximum Gasteiger partial charge on any atom is 0.295 e. The molecular weight excluding hydrogens is 435 g/mol. The summed E-state index contributed by atoms with van der Waals surface area (Å²) in [5.41, 5.74) is 0.970. The fraction of sp³-hybridized carbons (Fsp3) is 0.407. The van der Waals surface area contributed by atoms with Crippen molar-refractivity contribution in [2.24, 2.45) is 0 Å². The lowest BCUT2D eigenvalue weighted by atomic mass is 9.95. The minimum Gasteiger partial charge on any atom is -0.507 e. The summed E-state index contributed by atoms with van der Waals surface area (Å²) in [6.45, 7) is 9.69. The quantitative estimate of drug-likeness (QED) is 0.292. The van der Waals surface area contributed by atoms with Gasteiger partial charge < -0.3 is 19.6 Å². The second-order valence-electron chi connectivity index (χ2n) is 8.30. The van der Waals surface area contributed by atoms with Crippen LogP contribution in [0.1, 0.15) is 50.8 Å². The minimum atomic E-state index is -0.757. The maximum absolute atomic E-state index is 13.4. The van der Waals surface area contributed by atoms with E-state index in [1.165, 1.54) is 29.2 Å². The first-order valence-electron chi connectivity index (χ1n) is 11.9. The van der Waals surface area contributed by atoms with E-state index in [1.54, 1.807) is 0 Å². The Morgan fingerprint density at radius 2 is 1.79 bits per heavy atom. The third kappa shape index (κ3) is 5.65. The first kappa shape index (κ1) is 25.4. The van der Waals surface area contributed by atoms with Crippen molar-refractivity contribution in [2.75, 3.05) is 32.8 Å². The van der Waals surface area contributed by atoms with E-state index in [2.05, 4.69) is 18.7 Å². The summed E-state index contributed by atoms with van der Waals surface area (Å²) in [7, 11) is 0. The van der Waals surface area contributed by atoms with Crippen molar-refractivity contribution in [1.29, 1.82) is 0 Å². The molecule has 1 N–H and O–H groups in total. The van der Waals surface area contributed by atoms with E-state index in [4.69, 9.17) is 4.74 Å². The van der Waals surface area contributed by atoms with Crippen molar-refractivity contribution in [2.45, 2.75) is 39.7 Å². The first-order chi connectivity index (χ1) is 16.4. The number of halogens is 1. The van der Waals surface area contributed by atoms with Crippen molar-refractivity contribution in [3.63, 3.8) is 0 Å². The SMILES string of the molecule is CCCOc1cccc(C2C(=C(O)c3ccc(F)cc3)C(=O)C(=O)N2CCCN(CC)CC)c1. The lowest BCUT2D eigenvalue weighted by Crippen LogP contribution is -2.33. The van der Waals surface area contributed by atoms with Crippen LogP contribution in [0.2, 0.25) is 0 Å². The summed E-state index contributed by atoms with van der Waals surface area (Å²) < 4.78 is 19.2. The van der Waals surface area contributed by atoms with Crippen LogP contribution < -0.4 is 4.74 Å². The Morgan fingerprint density at radius 1 is 1.09 bits per heavy atom. The topological polar surface area (TPSA) is 70.1 Å². The molecule has 182 valence electrons. The summed E-state index contributed by atoms with van der Waals surface area (Å²) in [5, 5.41) is 11.1. The molecule has 1 atom stereocenters. The predicted molar refractivity (Wildman–Crippen MR) is 130 cm³/mol. The van der Waals surface area contributed by atoms with Gasteiger partial charge in [-0.1, -0.05) is 32.9 Å². The summed E-state index contributed by atoms with van der Waals surface area (Å²) in [4.78, 5) is 30.0.